The molecule has 242 valence electrons. The van der Waals surface area contributed by atoms with Crippen LogP contribution in [0.2, 0.25) is 0 Å². The van der Waals surface area contributed by atoms with E-state index in [4.69, 9.17) is 0 Å². The lowest BCUT2D eigenvalue weighted by Crippen LogP contribution is -2.10. The predicted octanol–water partition coefficient (Wildman–Crippen LogP) is 15.0. The molecule has 7 aromatic carbocycles. The first-order valence-corrected chi connectivity index (χ1v) is 18.7. The number of nitrogens with zero attached hydrogens (tertiary/aromatic N) is 1. The van der Waals surface area contributed by atoms with Crippen molar-refractivity contribution in [1.29, 1.82) is 0 Å². The zero-order valence-corrected chi connectivity index (χ0v) is 29.6. The lowest BCUT2D eigenvalue weighted by atomic mass is 9.93. The van der Waals surface area contributed by atoms with Crippen LogP contribution in [0.1, 0.15) is 10.4 Å². The van der Waals surface area contributed by atoms with E-state index in [9.17, 15) is 0 Å². The third kappa shape index (κ3) is 5.48. The van der Waals surface area contributed by atoms with Crippen LogP contribution in [0, 0.1) is 0 Å². The highest BCUT2D eigenvalue weighted by Gasteiger charge is 2.18. The number of thiophene rings is 2. The van der Waals surface area contributed by atoms with Crippen molar-refractivity contribution in [1.82, 2.24) is 0 Å². The Kier molecular flexibility index (Phi) is 7.93. The van der Waals surface area contributed by atoms with Gasteiger partial charge in [0.25, 0.3) is 0 Å². The van der Waals surface area contributed by atoms with Crippen LogP contribution < -0.4 is 4.90 Å². The van der Waals surface area contributed by atoms with Crippen molar-refractivity contribution in [2.75, 3.05) is 4.90 Å². The summed E-state index contributed by atoms with van der Waals surface area (Å²) < 4.78 is 3.86. The number of rotatable bonds is 8. The summed E-state index contributed by atoms with van der Waals surface area (Å²) in [6.07, 6.45) is 3.87. The Hall–Kier alpha value is -6.00. The Morgan fingerprint density at radius 2 is 1.08 bits per heavy atom. The topological polar surface area (TPSA) is 3.24 Å². The third-order valence-corrected chi connectivity index (χ3v) is 12.0. The van der Waals surface area contributed by atoms with Crippen molar-refractivity contribution >= 4 is 82.1 Å². The largest absolute Gasteiger partial charge is 0.310 e. The molecule has 0 amide bonds. The minimum Gasteiger partial charge on any atom is -0.310 e. The van der Waals surface area contributed by atoms with E-state index in [-0.39, 0.29) is 0 Å². The molecule has 0 fully saturated rings. The molecule has 0 radical (unpaired) electrons. The third-order valence-electron chi connectivity index (χ3n) is 9.66. The molecule has 51 heavy (non-hydrogen) atoms. The highest BCUT2D eigenvalue weighted by atomic mass is 32.1. The fourth-order valence-electron chi connectivity index (χ4n) is 7.25. The Morgan fingerprint density at radius 1 is 0.412 bits per heavy atom. The van der Waals surface area contributed by atoms with Gasteiger partial charge in [0.2, 0.25) is 0 Å². The van der Waals surface area contributed by atoms with Gasteiger partial charge in [0.15, 0.2) is 0 Å². The van der Waals surface area contributed by atoms with Crippen molar-refractivity contribution in [3.63, 3.8) is 0 Å². The maximum Gasteiger partial charge on any atom is 0.0476 e. The number of benzene rings is 7. The summed E-state index contributed by atoms with van der Waals surface area (Å²) in [5.74, 6) is 0. The van der Waals surface area contributed by atoms with Gasteiger partial charge in [0, 0.05) is 57.8 Å². The molecule has 2 heterocycles. The van der Waals surface area contributed by atoms with E-state index in [1.807, 2.05) is 23.5 Å². The molecule has 9 aromatic rings. The van der Waals surface area contributed by atoms with Gasteiger partial charge in [-0.1, -0.05) is 147 Å². The summed E-state index contributed by atoms with van der Waals surface area (Å²) in [5.41, 5.74) is 11.7. The first-order chi connectivity index (χ1) is 25.2. The van der Waals surface area contributed by atoms with Gasteiger partial charge in [0.05, 0.1) is 0 Å². The Bertz CT molecular complexity index is 2730. The zero-order chi connectivity index (χ0) is 34.3. The number of anilines is 3. The molecule has 0 aliphatic rings. The van der Waals surface area contributed by atoms with Crippen molar-refractivity contribution in [2.45, 2.75) is 0 Å². The van der Waals surface area contributed by atoms with Gasteiger partial charge in [-0.05, 0) is 75.8 Å². The first kappa shape index (κ1) is 31.0. The summed E-state index contributed by atoms with van der Waals surface area (Å²) in [6.45, 7) is 8.15. The van der Waals surface area contributed by atoms with Crippen LogP contribution in [0.5, 0.6) is 0 Å². The first-order valence-electron chi connectivity index (χ1n) is 17.1. The maximum absolute atomic E-state index is 4.09. The molecule has 0 aliphatic heterocycles. The van der Waals surface area contributed by atoms with Gasteiger partial charge in [-0.25, -0.2) is 0 Å². The van der Waals surface area contributed by atoms with Gasteiger partial charge >= 0.3 is 0 Å². The summed E-state index contributed by atoms with van der Waals surface area (Å²) in [7, 11) is 0. The van der Waals surface area contributed by atoms with Gasteiger partial charge < -0.3 is 4.90 Å². The predicted molar refractivity (Wildman–Crippen MR) is 226 cm³/mol. The molecule has 0 saturated heterocycles. The molecule has 0 saturated carbocycles. The van der Waals surface area contributed by atoms with Crippen molar-refractivity contribution in [2.24, 2.45) is 0 Å². The molecule has 0 aliphatic carbocycles. The van der Waals surface area contributed by atoms with Crippen LogP contribution in [-0.2, 0) is 0 Å². The van der Waals surface area contributed by atoms with Gasteiger partial charge in [-0.2, -0.15) is 0 Å². The van der Waals surface area contributed by atoms with E-state index in [1.165, 1.54) is 63.6 Å². The standard InChI is InChI=1S/C48H33NS2/c1-3-38-42-29-28-37(31-47(42)50-45(38)4-2)49(36-17-12-16-34(30-36)32-14-6-5-7-15-32)35-26-24-33(25-27-35)39-18-8-9-19-40(39)43-21-13-22-44-41-20-10-11-23-46(41)51-48(43)44/h3-31H,1-2H2. The molecule has 0 unspecified atom stereocenters. The number of fused-ring (bicyclic) bond motifs is 4. The molecule has 2 aromatic heterocycles. The quantitative estimate of drug-likeness (QED) is 0.154. The van der Waals surface area contributed by atoms with Crippen LogP contribution in [0.15, 0.2) is 177 Å². The summed E-state index contributed by atoms with van der Waals surface area (Å²) in [6, 6.07) is 59.4. The van der Waals surface area contributed by atoms with Crippen LogP contribution in [-0.4, -0.2) is 0 Å². The van der Waals surface area contributed by atoms with Crippen molar-refractivity contribution in [3.05, 3.63) is 187 Å². The second-order valence-corrected chi connectivity index (χ2v) is 14.7. The summed E-state index contributed by atoms with van der Waals surface area (Å²) in [5, 5.41) is 3.83. The molecule has 9 rings (SSSR count). The Balaban J connectivity index is 1.17. The smallest absolute Gasteiger partial charge is 0.0476 e. The molecule has 0 atom stereocenters. The number of hydrogen-bond acceptors (Lipinski definition) is 3. The molecule has 0 N–H and O–H groups in total. The number of hydrogen-bond donors (Lipinski definition) is 0. The van der Waals surface area contributed by atoms with Gasteiger partial charge in [-0.3, -0.25) is 0 Å². The van der Waals surface area contributed by atoms with Crippen molar-refractivity contribution < 1.29 is 0 Å². The molecular weight excluding hydrogens is 655 g/mol. The molecule has 1 nitrogen and oxygen atoms in total. The Morgan fingerprint density at radius 3 is 1.90 bits per heavy atom. The maximum atomic E-state index is 4.09. The highest BCUT2D eigenvalue weighted by molar-refractivity contribution is 7.26. The van der Waals surface area contributed by atoms with Crippen LogP contribution >= 0.6 is 22.7 Å². The van der Waals surface area contributed by atoms with Crippen LogP contribution in [0.4, 0.5) is 17.1 Å². The normalized spacial score (nSPS) is 11.3. The van der Waals surface area contributed by atoms with E-state index in [0.29, 0.717) is 0 Å². The van der Waals surface area contributed by atoms with Crippen LogP contribution in [0.3, 0.4) is 0 Å². The summed E-state index contributed by atoms with van der Waals surface area (Å²) >= 11 is 3.63. The van der Waals surface area contributed by atoms with E-state index < -0.39 is 0 Å². The zero-order valence-electron chi connectivity index (χ0n) is 27.9. The average molecular weight is 688 g/mol. The molecule has 0 spiro atoms. The SMILES string of the molecule is C=Cc1sc2cc(N(c3ccc(-c4ccccc4-c4cccc5c4sc4ccccc45)cc3)c3cccc(-c4ccccc4)c3)ccc2c1C=C. The fraction of sp³-hybridized carbons (Fsp3) is 0. The minimum atomic E-state index is 1.09. The minimum absolute atomic E-state index is 1.09. The van der Waals surface area contributed by atoms with E-state index in [0.717, 1.165) is 27.5 Å². The monoisotopic (exact) mass is 687 g/mol. The molecule has 0 bridgehead atoms. The van der Waals surface area contributed by atoms with E-state index in [1.54, 1.807) is 11.3 Å². The van der Waals surface area contributed by atoms with E-state index >= 15 is 0 Å². The van der Waals surface area contributed by atoms with E-state index in [2.05, 4.69) is 182 Å². The van der Waals surface area contributed by atoms with Gasteiger partial charge in [0.1, 0.15) is 0 Å². The second kappa shape index (κ2) is 13.0. The average Bonchev–Trinajstić information content (AvgIpc) is 3.76. The van der Waals surface area contributed by atoms with Crippen molar-refractivity contribution in [3.8, 4) is 33.4 Å². The second-order valence-electron chi connectivity index (χ2n) is 12.6. The Labute approximate surface area is 306 Å². The molecular formula is C48H33NS2. The van der Waals surface area contributed by atoms with Crippen LogP contribution in [0.25, 0.3) is 75.8 Å². The van der Waals surface area contributed by atoms with Gasteiger partial charge in [-0.15, -0.1) is 22.7 Å². The fourth-order valence-corrected chi connectivity index (χ4v) is 9.57. The summed E-state index contributed by atoms with van der Waals surface area (Å²) in [4.78, 5) is 3.50. The highest BCUT2D eigenvalue weighted by Crippen LogP contribution is 2.44. The molecule has 3 heteroatoms. The lowest BCUT2D eigenvalue weighted by molar-refractivity contribution is 1.29. The lowest BCUT2D eigenvalue weighted by Gasteiger charge is -2.26.